The minimum absolute atomic E-state index is 0.332. The Morgan fingerprint density at radius 2 is 1.65 bits per heavy atom. The number of sulfonamides is 1. The maximum atomic E-state index is 12.6. The quantitative estimate of drug-likeness (QED) is 0.691. The van der Waals surface area contributed by atoms with Crippen molar-refractivity contribution >= 4 is 21.6 Å². The molecule has 0 aliphatic carbocycles. The van der Waals surface area contributed by atoms with Gasteiger partial charge in [-0.05, 0) is 38.2 Å². The Bertz CT molecular complexity index is 500. The van der Waals surface area contributed by atoms with Gasteiger partial charge in [-0.1, -0.05) is 19.1 Å². The lowest BCUT2D eigenvalue weighted by Crippen LogP contribution is -2.37. The molecule has 0 aliphatic heterocycles. The fourth-order valence-corrected chi connectivity index (χ4v) is 3.51. The molecule has 0 radical (unpaired) electrons. The average Bonchev–Trinajstić information content (AvgIpc) is 2.43. The van der Waals surface area contributed by atoms with Gasteiger partial charge in [-0.25, -0.2) is 8.42 Å². The third-order valence-corrected chi connectivity index (χ3v) is 5.21. The molecule has 0 aliphatic rings. The maximum absolute atomic E-state index is 12.6. The number of nitrogens with zero attached hydrogens (tertiary/aromatic N) is 2. The zero-order valence-corrected chi connectivity index (χ0v) is 13.9. The number of halogens is 1. The highest BCUT2D eigenvalue weighted by atomic mass is 35.5. The molecule has 1 aromatic carbocycles. The van der Waals surface area contributed by atoms with Crippen molar-refractivity contribution in [1.29, 1.82) is 0 Å². The van der Waals surface area contributed by atoms with E-state index >= 15 is 0 Å². The zero-order chi connectivity index (χ0) is 15.2. The summed E-state index contributed by atoms with van der Waals surface area (Å²) in [5.74, 6) is 0.389. The fraction of sp³-hybridized carbons (Fsp3) is 0.571. The highest BCUT2D eigenvalue weighted by Gasteiger charge is 2.23. The Balaban J connectivity index is 2.95. The number of hydrogen-bond donors (Lipinski definition) is 0. The molecule has 1 rings (SSSR count). The summed E-state index contributed by atoms with van der Waals surface area (Å²) in [6.07, 6.45) is 0.798. The summed E-state index contributed by atoms with van der Waals surface area (Å²) >= 11 is 5.72. The molecule has 6 heteroatoms. The smallest absolute Gasteiger partial charge is 0.243 e. The van der Waals surface area contributed by atoms with Gasteiger partial charge in [0, 0.05) is 25.5 Å². The molecule has 0 heterocycles. The van der Waals surface area contributed by atoms with Crippen LogP contribution in [0.1, 0.15) is 18.9 Å². The molecule has 1 aromatic rings. The van der Waals surface area contributed by atoms with E-state index in [9.17, 15) is 8.42 Å². The minimum atomic E-state index is -3.42. The van der Waals surface area contributed by atoms with Crippen LogP contribution in [0.2, 0.25) is 0 Å². The molecule has 4 nitrogen and oxygen atoms in total. The molecule has 0 unspecified atom stereocenters. The minimum Gasteiger partial charge on any atom is -0.308 e. The number of rotatable bonds is 8. The molecule has 0 amide bonds. The first-order valence-corrected chi connectivity index (χ1v) is 8.69. The maximum Gasteiger partial charge on any atom is 0.243 e. The van der Waals surface area contributed by atoms with Crippen molar-refractivity contribution in [2.45, 2.75) is 24.1 Å². The van der Waals surface area contributed by atoms with Crippen LogP contribution in [0.15, 0.2) is 29.2 Å². The van der Waals surface area contributed by atoms with Gasteiger partial charge < -0.3 is 4.90 Å². The first kappa shape index (κ1) is 17.4. The molecule has 20 heavy (non-hydrogen) atoms. The summed E-state index contributed by atoms with van der Waals surface area (Å²) in [7, 11) is 0.453. The number of alkyl halides is 1. The van der Waals surface area contributed by atoms with Gasteiger partial charge in [-0.3, -0.25) is 0 Å². The molecule has 114 valence electrons. The summed E-state index contributed by atoms with van der Waals surface area (Å²) in [6.45, 7) is 3.72. The molecule has 0 saturated heterocycles. The third kappa shape index (κ3) is 4.74. The first-order chi connectivity index (χ1) is 9.41. The van der Waals surface area contributed by atoms with E-state index in [1.54, 1.807) is 28.6 Å². The highest BCUT2D eigenvalue weighted by molar-refractivity contribution is 7.89. The SMILES string of the molecule is CCCN(CCN(C)C)S(=O)(=O)c1ccc(CCl)cc1. The molecule has 0 atom stereocenters. The monoisotopic (exact) mass is 318 g/mol. The summed E-state index contributed by atoms with van der Waals surface area (Å²) < 4.78 is 26.8. The van der Waals surface area contributed by atoms with E-state index in [0.717, 1.165) is 12.0 Å². The normalized spacial score (nSPS) is 12.3. The van der Waals surface area contributed by atoms with Crippen LogP contribution in [-0.2, 0) is 15.9 Å². The van der Waals surface area contributed by atoms with Crippen LogP contribution in [0.5, 0.6) is 0 Å². The van der Waals surface area contributed by atoms with E-state index in [2.05, 4.69) is 0 Å². The fourth-order valence-electron chi connectivity index (χ4n) is 1.81. The van der Waals surface area contributed by atoms with E-state index in [4.69, 9.17) is 11.6 Å². The Labute approximate surface area is 127 Å². The Kier molecular flexibility index (Phi) is 6.95. The van der Waals surface area contributed by atoms with Crippen LogP contribution in [0, 0.1) is 0 Å². The highest BCUT2D eigenvalue weighted by Crippen LogP contribution is 2.17. The number of hydrogen-bond acceptors (Lipinski definition) is 3. The van der Waals surface area contributed by atoms with E-state index in [1.807, 2.05) is 25.9 Å². The first-order valence-electron chi connectivity index (χ1n) is 6.71. The van der Waals surface area contributed by atoms with Crippen molar-refractivity contribution in [3.63, 3.8) is 0 Å². The molecular formula is C14H23ClN2O2S. The van der Waals surface area contributed by atoms with Crippen LogP contribution in [0.25, 0.3) is 0 Å². The van der Waals surface area contributed by atoms with Gasteiger partial charge in [-0.2, -0.15) is 4.31 Å². The van der Waals surface area contributed by atoms with E-state index in [1.165, 1.54) is 0 Å². The van der Waals surface area contributed by atoms with E-state index < -0.39 is 10.0 Å². The number of benzene rings is 1. The predicted molar refractivity (Wildman–Crippen MR) is 83.6 cm³/mol. The average molecular weight is 319 g/mol. The molecule has 0 spiro atoms. The summed E-state index contributed by atoms with van der Waals surface area (Å²) in [6, 6.07) is 6.78. The number of likely N-dealkylation sites (N-methyl/N-ethyl adjacent to an activating group) is 1. The van der Waals surface area contributed by atoms with Crippen molar-refractivity contribution < 1.29 is 8.42 Å². The van der Waals surface area contributed by atoms with Gasteiger partial charge >= 0.3 is 0 Å². The third-order valence-electron chi connectivity index (χ3n) is 2.99. The van der Waals surface area contributed by atoms with Gasteiger partial charge in [0.25, 0.3) is 0 Å². The lowest BCUT2D eigenvalue weighted by molar-refractivity contribution is 0.333. The molecule has 0 aromatic heterocycles. The predicted octanol–water partition coefficient (Wildman–Crippen LogP) is 2.39. The van der Waals surface area contributed by atoms with Crippen molar-refractivity contribution in [2.75, 3.05) is 33.7 Å². The Morgan fingerprint density at radius 3 is 2.10 bits per heavy atom. The van der Waals surface area contributed by atoms with Gasteiger partial charge in [0.05, 0.1) is 4.90 Å². The topological polar surface area (TPSA) is 40.6 Å². The van der Waals surface area contributed by atoms with Crippen molar-refractivity contribution in [3.05, 3.63) is 29.8 Å². The zero-order valence-electron chi connectivity index (χ0n) is 12.3. The van der Waals surface area contributed by atoms with Gasteiger partial charge in [0.2, 0.25) is 10.0 Å². The molecule has 0 N–H and O–H groups in total. The Morgan fingerprint density at radius 1 is 1.05 bits per heavy atom. The molecular weight excluding hydrogens is 296 g/mol. The molecule has 0 fully saturated rings. The van der Waals surface area contributed by atoms with E-state index in [-0.39, 0.29) is 0 Å². The van der Waals surface area contributed by atoms with Gasteiger partial charge in [-0.15, -0.1) is 11.6 Å². The van der Waals surface area contributed by atoms with Gasteiger partial charge in [0.1, 0.15) is 0 Å². The standard InChI is InChI=1S/C14H23ClN2O2S/c1-4-9-17(11-10-16(2)3)20(18,19)14-7-5-13(12-15)6-8-14/h5-8H,4,9-12H2,1-3H3. The van der Waals surface area contributed by atoms with Crippen LogP contribution in [0.3, 0.4) is 0 Å². The van der Waals surface area contributed by atoms with E-state index in [0.29, 0.717) is 30.4 Å². The lowest BCUT2D eigenvalue weighted by atomic mass is 10.2. The van der Waals surface area contributed by atoms with Gasteiger partial charge in [0.15, 0.2) is 0 Å². The summed E-state index contributed by atoms with van der Waals surface area (Å²) in [5, 5.41) is 0. The van der Waals surface area contributed by atoms with Crippen LogP contribution >= 0.6 is 11.6 Å². The van der Waals surface area contributed by atoms with Crippen molar-refractivity contribution in [1.82, 2.24) is 9.21 Å². The van der Waals surface area contributed by atoms with Crippen molar-refractivity contribution in [3.8, 4) is 0 Å². The largest absolute Gasteiger partial charge is 0.308 e. The summed E-state index contributed by atoms with van der Waals surface area (Å²) in [4.78, 5) is 2.31. The van der Waals surface area contributed by atoms with Crippen LogP contribution in [-0.4, -0.2) is 51.4 Å². The molecule has 0 saturated carbocycles. The second-order valence-electron chi connectivity index (χ2n) is 4.98. The second-order valence-corrected chi connectivity index (χ2v) is 7.19. The summed E-state index contributed by atoms with van der Waals surface area (Å²) in [5.41, 5.74) is 0.918. The second kappa shape index (κ2) is 7.98. The van der Waals surface area contributed by atoms with Crippen LogP contribution < -0.4 is 0 Å². The van der Waals surface area contributed by atoms with Crippen LogP contribution in [0.4, 0.5) is 0 Å². The lowest BCUT2D eigenvalue weighted by Gasteiger charge is -2.23. The molecule has 0 bridgehead atoms. The Hall–Kier alpha value is -0.620. The van der Waals surface area contributed by atoms with Crippen molar-refractivity contribution in [2.24, 2.45) is 0 Å².